The number of ether oxygens (including phenoxy) is 1. The molecule has 0 radical (unpaired) electrons. The van der Waals surface area contributed by atoms with Crippen molar-refractivity contribution in [3.63, 3.8) is 0 Å². The molecule has 0 unspecified atom stereocenters. The van der Waals surface area contributed by atoms with Crippen LogP contribution in [0.5, 0.6) is 11.5 Å². The molecule has 0 aliphatic carbocycles. The predicted molar refractivity (Wildman–Crippen MR) is 92.7 cm³/mol. The average molecular weight is 351 g/mol. The van der Waals surface area contributed by atoms with Crippen molar-refractivity contribution in [3.05, 3.63) is 77.3 Å². The van der Waals surface area contributed by atoms with Crippen molar-refractivity contribution < 1.29 is 9.53 Å². The van der Waals surface area contributed by atoms with Gasteiger partial charge in [-0.15, -0.1) is 0 Å². The van der Waals surface area contributed by atoms with Crippen molar-refractivity contribution in [1.29, 1.82) is 5.26 Å². The Kier molecular flexibility index (Phi) is 4.88. The molecule has 0 fully saturated rings. The first-order valence-corrected chi connectivity index (χ1v) is 7.57. The Bertz CT molecular complexity index is 955. The maximum Gasteiger partial charge on any atom is 0.255 e. The summed E-state index contributed by atoms with van der Waals surface area (Å²) >= 11 is 5.90. The monoisotopic (exact) mass is 350 g/mol. The van der Waals surface area contributed by atoms with Crippen LogP contribution in [0.4, 0.5) is 5.69 Å². The van der Waals surface area contributed by atoms with E-state index >= 15 is 0 Å². The normalized spacial score (nSPS) is 9.92. The molecule has 122 valence electrons. The predicted octanol–water partition coefficient (Wildman–Crippen LogP) is 4.05. The Balaban J connectivity index is 1.85. The van der Waals surface area contributed by atoms with E-state index in [9.17, 15) is 10.1 Å². The molecule has 0 aliphatic heterocycles. The second-order valence-electron chi connectivity index (χ2n) is 5.00. The number of halogens is 1. The molecule has 6 nitrogen and oxygen atoms in total. The highest BCUT2D eigenvalue weighted by Crippen LogP contribution is 2.25. The van der Waals surface area contributed by atoms with Gasteiger partial charge in [-0.25, -0.2) is 9.97 Å². The molecule has 7 heteroatoms. The molecular formula is C18H11ClN4O2. The molecule has 0 bridgehead atoms. The lowest BCUT2D eigenvalue weighted by atomic mass is 10.1. The van der Waals surface area contributed by atoms with Gasteiger partial charge in [0.2, 0.25) is 0 Å². The van der Waals surface area contributed by atoms with Crippen LogP contribution < -0.4 is 10.1 Å². The standard InChI is InChI=1S/C18H11ClN4O2/c19-14-3-1-2-13(6-14)18(24)23-15-4-12(8-20)5-16(7-15)25-17-9-21-11-22-10-17/h1-7,9-11H,(H,23,24). The third-order valence-corrected chi connectivity index (χ3v) is 3.39. The molecule has 0 atom stereocenters. The second-order valence-corrected chi connectivity index (χ2v) is 5.44. The first-order valence-electron chi connectivity index (χ1n) is 7.19. The summed E-state index contributed by atoms with van der Waals surface area (Å²) in [6.07, 6.45) is 4.38. The minimum absolute atomic E-state index is 0.341. The summed E-state index contributed by atoms with van der Waals surface area (Å²) in [5, 5.41) is 12.4. The van der Waals surface area contributed by atoms with Crippen molar-refractivity contribution in [1.82, 2.24) is 9.97 Å². The molecule has 2 aromatic carbocycles. The molecule has 25 heavy (non-hydrogen) atoms. The van der Waals surface area contributed by atoms with Gasteiger partial charge in [-0.2, -0.15) is 5.26 Å². The van der Waals surface area contributed by atoms with Gasteiger partial charge in [0.15, 0.2) is 5.75 Å². The number of rotatable bonds is 4. The second kappa shape index (κ2) is 7.43. The van der Waals surface area contributed by atoms with Crippen LogP contribution in [0.15, 0.2) is 61.2 Å². The summed E-state index contributed by atoms with van der Waals surface area (Å²) in [5.41, 5.74) is 1.18. The van der Waals surface area contributed by atoms with E-state index in [0.29, 0.717) is 33.3 Å². The molecule has 1 heterocycles. The van der Waals surface area contributed by atoms with Crippen LogP contribution in [-0.2, 0) is 0 Å². The summed E-state index contributed by atoms with van der Waals surface area (Å²) in [5.74, 6) is 0.464. The van der Waals surface area contributed by atoms with Gasteiger partial charge in [0, 0.05) is 22.3 Å². The largest absolute Gasteiger partial charge is 0.454 e. The lowest BCUT2D eigenvalue weighted by molar-refractivity contribution is 0.102. The number of anilines is 1. The van der Waals surface area contributed by atoms with Crippen molar-refractivity contribution in [2.24, 2.45) is 0 Å². The van der Waals surface area contributed by atoms with Crippen LogP contribution in [0.3, 0.4) is 0 Å². The Labute approximate surface area is 148 Å². The fraction of sp³-hybridized carbons (Fsp3) is 0. The quantitative estimate of drug-likeness (QED) is 0.767. The molecule has 1 aromatic heterocycles. The number of nitrogens with one attached hydrogen (secondary N) is 1. The molecule has 0 spiro atoms. The van der Waals surface area contributed by atoms with Crippen molar-refractivity contribution >= 4 is 23.2 Å². The van der Waals surface area contributed by atoms with Crippen molar-refractivity contribution in [2.75, 3.05) is 5.32 Å². The zero-order chi connectivity index (χ0) is 17.6. The van der Waals surface area contributed by atoms with E-state index in [0.717, 1.165) is 0 Å². The van der Waals surface area contributed by atoms with Gasteiger partial charge < -0.3 is 10.1 Å². The topological polar surface area (TPSA) is 87.9 Å². The van der Waals surface area contributed by atoms with Gasteiger partial charge in [-0.3, -0.25) is 4.79 Å². The number of carbonyl (C=O) groups excluding carboxylic acids is 1. The first-order chi connectivity index (χ1) is 12.1. The fourth-order valence-corrected chi connectivity index (χ4v) is 2.29. The van der Waals surface area contributed by atoms with E-state index < -0.39 is 0 Å². The van der Waals surface area contributed by atoms with E-state index in [2.05, 4.69) is 15.3 Å². The number of nitriles is 1. The maximum absolute atomic E-state index is 12.3. The van der Waals surface area contributed by atoms with Crippen LogP contribution in [0.2, 0.25) is 5.02 Å². The van der Waals surface area contributed by atoms with Crippen LogP contribution >= 0.6 is 11.6 Å². The highest BCUT2D eigenvalue weighted by Gasteiger charge is 2.09. The van der Waals surface area contributed by atoms with E-state index in [1.54, 1.807) is 42.5 Å². The Hall–Kier alpha value is -3.43. The maximum atomic E-state index is 12.3. The number of benzene rings is 2. The van der Waals surface area contributed by atoms with Gasteiger partial charge in [-0.1, -0.05) is 17.7 Å². The highest BCUT2D eigenvalue weighted by atomic mass is 35.5. The van der Waals surface area contributed by atoms with Gasteiger partial charge in [0.05, 0.1) is 24.0 Å². The third kappa shape index (κ3) is 4.31. The minimum Gasteiger partial charge on any atom is -0.454 e. The Morgan fingerprint density at radius 2 is 1.92 bits per heavy atom. The van der Waals surface area contributed by atoms with Crippen LogP contribution in [0.1, 0.15) is 15.9 Å². The van der Waals surface area contributed by atoms with Gasteiger partial charge in [-0.05, 0) is 30.3 Å². The molecule has 1 amide bonds. The van der Waals surface area contributed by atoms with E-state index in [4.69, 9.17) is 16.3 Å². The van der Waals surface area contributed by atoms with Crippen LogP contribution in [0.25, 0.3) is 0 Å². The molecule has 3 rings (SSSR count). The highest BCUT2D eigenvalue weighted by molar-refractivity contribution is 6.31. The molecule has 0 saturated heterocycles. The number of hydrogen-bond donors (Lipinski definition) is 1. The Morgan fingerprint density at radius 1 is 1.12 bits per heavy atom. The number of aromatic nitrogens is 2. The lowest BCUT2D eigenvalue weighted by Crippen LogP contribution is -2.12. The number of carbonyl (C=O) groups is 1. The van der Waals surface area contributed by atoms with E-state index in [1.165, 1.54) is 18.7 Å². The Morgan fingerprint density at radius 3 is 2.64 bits per heavy atom. The van der Waals surface area contributed by atoms with Gasteiger partial charge in [0.1, 0.15) is 12.1 Å². The zero-order valence-electron chi connectivity index (χ0n) is 12.8. The average Bonchev–Trinajstić information content (AvgIpc) is 2.62. The first kappa shape index (κ1) is 16.4. The van der Waals surface area contributed by atoms with Crippen molar-refractivity contribution in [3.8, 4) is 17.6 Å². The minimum atomic E-state index is -0.341. The molecule has 0 saturated carbocycles. The summed E-state index contributed by atoms with van der Waals surface area (Å²) in [4.78, 5) is 20.0. The zero-order valence-corrected chi connectivity index (χ0v) is 13.6. The van der Waals surface area contributed by atoms with E-state index in [-0.39, 0.29) is 5.91 Å². The SMILES string of the molecule is N#Cc1cc(NC(=O)c2cccc(Cl)c2)cc(Oc2cncnc2)c1. The third-order valence-electron chi connectivity index (χ3n) is 3.15. The molecule has 0 aliphatic rings. The number of nitrogens with zero attached hydrogens (tertiary/aromatic N) is 3. The molecular weight excluding hydrogens is 340 g/mol. The fourth-order valence-electron chi connectivity index (χ4n) is 2.10. The summed E-state index contributed by atoms with van der Waals surface area (Å²) in [6, 6.07) is 13.3. The van der Waals surface area contributed by atoms with Crippen molar-refractivity contribution in [2.45, 2.75) is 0 Å². The summed E-state index contributed by atoms with van der Waals surface area (Å²) < 4.78 is 5.62. The molecule has 1 N–H and O–H groups in total. The van der Waals surface area contributed by atoms with Gasteiger partial charge >= 0.3 is 0 Å². The summed E-state index contributed by atoms with van der Waals surface area (Å²) in [7, 11) is 0. The lowest BCUT2D eigenvalue weighted by Gasteiger charge is -2.10. The van der Waals surface area contributed by atoms with Crippen LogP contribution in [0, 0.1) is 11.3 Å². The van der Waals surface area contributed by atoms with Crippen LogP contribution in [-0.4, -0.2) is 15.9 Å². The van der Waals surface area contributed by atoms with E-state index in [1.807, 2.05) is 6.07 Å². The van der Waals surface area contributed by atoms with Gasteiger partial charge in [0.25, 0.3) is 5.91 Å². The molecule has 3 aromatic rings. The smallest absolute Gasteiger partial charge is 0.255 e. The number of amides is 1. The number of hydrogen-bond acceptors (Lipinski definition) is 5. The summed E-state index contributed by atoms with van der Waals surface area (Å²) in [6.45, 7) is 0.